The van der Waals surface area contributed by atoms with E-state index in [1.165, 1.54) is 32.2 Å². The van der Waals surface area contributed by atoms with E-state index < -0.39 is 35.7 Å². The van der Waals surface area contributed by atoms with Crippen molar-refractivity contribution in [1.29, 1.82) is 0 Å². The van der Waals surface area contributed by atoms with E-state index in [0.717, 1.165) is 16.7 Å². The number of carbonyl (C=O) groups is 3. The van der Waals surface area contributed by atoms with Crippen LogP contribution < -0.4 is 10.6 Å². The van der Waals surface area contributed by atoms with Crippen LogP contribution in [0.1, 0.15) is 18.1 Å². The molecular formula is C27H27FN2O4. The van der Waals surface area contributed by atoms with Gasteiger partial charge in [-0.1, -0.05) is 66.7 Å². The maximum Gasteiger partial charge on any atom is 0.328 e. The summed E-state index contributed by atoms with van der Waals surface area (Å²) < 4.78 is 18.5. The van der Waals surface area contributed by atoms with Gasteiger partial charge in [0.1, 0.15) is 17.9 Å². The Bertz CT molecular complexity index is 1130. The fourth-order valence-corrected chi connectivity index (χ4v) is 3.66. The maximum absolute atomic E-state index is 13.6. The molecule has 3 aromatic rings. The molecule has 0 aliphatic rings. The smallest absolute Gasteiger partial charge is 0.328 e. The number of hydrogen-bond acceptors (Lipinski definition) is 4. The van der Waals surface area contributed by atoms with Crippen LogP contribution in [-0.2, 0) is 32.0 Å². The molecule has 0 radical (unpaired) electrons. The van der Waals surface area contributed by atoms with Gasteiger partial charge in [-0.15, -0.1) is 0 Å². The first-order valence-electron chi connectivity index (χ1n) is 10.9. The molecule has 3 aromatic carbocycles. The summed E-state index contributed by atoms with van der Waals surface area (Å²) in [5, 5.41) is 5.25. The standard InChI is InChI=1S/C27H27FN2O4/c1-18(31)29-24(17-20-7-6-10-23(28)15-20)26(32)30-25(27(33)34-2)16-19-11-13-22(14-12-19)21-8-4-3-5-9-21/h3-15,24-25H,16-17H2,1-2H3,(H,29,31)(H,30,32)/t24-,25-/m1/s1. The summed E-state index contributed by atoms with van der Waals surface area (Å²) in [6.07, 6.45) is 0.281. The summed E-state index contributed by atoms with van der Waals surface area (Å²) in [4.78, 5) is 37.1. The van der Waals surface area contributed by atoms with E-state index in [9.17, 15) is 18.8 Å². The second kappa shape index (κ2) is 11.7. The summed E-state index contributed by atoms with van der Waals surface area (Å²) in [7, 11) is 1.25. The van der Waals surface area contributed by atoms with Gasteiger partial charge < -0.3 is 15.4 Å². The molecule has 0 aliphatic carbocycles. The first kappa shape index (κ1) is 24.6. The van der Waals surface area contributed by atoms with E-state index in [1.807, 2.05) is 54.6 Å². The third-order valence-corrected chi connectivity index (χ3v) is 5.33. The lowest BCUT2D eigenvalue weighted by molar-refractivity contribution is -0.145. The fraction of sp³-hybridized carbons (Fsp3) is 0.222. The van der Waals surface area contributed by atoms with Crippen LogP contribution in [0, 0.1) is 5.82 Å². The van der Waals surface area contributed by atoms with Crippen LogP contribution in [0.15, 0.2) is 78.9 Å². The van der Waals surface area contributed by atoms with Crippen LogP contribution in [0.25, 0.3) is 11.1 Å². The second-order valence-corrected chi connectivity index (χ2v) is 7.94. The molecule has 2 amide bonds. The van der Waals surface area contributed by atoms with Crippen LogP contribution in [0.4, 0.5) is 4.39 Å². The van der Waals surface area contributed by atoms with E-state index in [1.54, 1.807) is 6.07 Å². The number of esters is 1. The van der Waals surface area contributed by atoms with Crippen molar-refractivity contribution in [2.45, 2.75) is 31.8 Å². The maximum atomic E-state index is 13.6. The summed E-state index contributed by atoms with van der Waals surface area (Å²) in [6.45, 7) is 1.29. The Morgan fingerprint density at radius 2 is 1.44 bits per heavy atom. The van der Waals surface area contributed by atoms with Gasteiger partial charge in [-0.2, -0.15) is 0 Å². The molecule has 7 heteroatoms. The molecule has 0 saturated carbocycles. The van der Waals surface area contributed by atoms with Gasteiger partial charge in [-0.05, 0) is 34.4 Å². The van der Waals surface area contributed by atoms with Crippen molar-refractivity contribution in [3.63, 3.8) is 0 Å². The van der Waals surface area contributed by atoms with Gasteiger partial charge >= 0.3 is 5.97 Å². The zero-order valence-corrected chi connectivity index (χ0v) is 19.1. The highest BCUT2D eigenvalue weighted by atomic mass is 19.1. The zero-order chi connectivity index (χ0) is 24.5. The van der Waals surface area contributed by atoms with Crippen LogP contribution in [-0.4, -0.2) is 37.0 Å². The lowest BCUT2D eigenvalue weighted by atomic mass is 10.00. The Kier molecular flexibility index (Phi) is 8.51. The average Bonchev–Trinajstić information content (AvgIpc) is 2.83. The molecule has 0 spiro atoms. The van der Waals surface area contributed by atoms with Crippen molar-refractivity contribution in [3.8, 4) is 11.1 Å². The lowest BCUT2D eigenvalue weighted by Gasteiger charge is -2.22. The van der Waals surface area contributed by atoms with E-state index in [2.05, 4.69) is 10.6 Å². The number of methoxy groups -OCH3 is 1. The minimum atomic E-state index is -0.980. The molecule has 0 saturated heterocycles. The highest BCUT2D eigenvalue weighted by Gasteiger charge is 2.27. The summed E-state index contributed by atoms with van der Waals surface area (Å²) in [6, 6.07) is 21.4. The third-order valence-electron chi connectivity index (χ3n) is 5.33. The van der Waals surface area contributed by atoms with E-state index >= 15 is 0 Å². The molecule has 6 nitrogen and oxygen atoms in total. The molecule has 2 atom stereocenters. The van der Waals surface area contributed by atoms with Crippen LogP contribution in [0.3, 0.4) is 0 Å². The van der Waals surface area contributed by atoms with Crippen molar-refractivity contribution >= 4 is 17.8 Å². The first-order valence-corrected chi connectivity index (χ1v) is 10.9. The van der Waals surface area contributed by atoms with E-state index in [4.69, 9.17) is 4.74 Å². The normalized spacial score (nSPS) is 12.3. The molecule has 0 fully saturated rings. The number of rotatable bonds is 9. The second-order valence-electron chi connectivity index (χ2n) is 7.94. The molecule has 0 heterocycles. The number of halogens is 1. The monoisotopic (exact) mass is 462 g/mol. The predicted octanol–water partition coefficient (Wildman–Crippen LogP) is 3.44. The Hall–Kier alpha value is -4.00. The Morgan fingerprint density at radius 1 is 0.794 bits per heavy atom. The van der Waals surface area contributed by atoms with Crippen molar-refractivity contribution in [1.82, 2.24) is 10.6 Å². The van der Waals surface area contributed by atoms with Crippen molar-refractivity contribution in [3.05, 3.63) is 95.8 Å². The topological polar surface area (TPSA) is 84.5 Å². The first-order chi connectivity index (χ1) is 16.4. The summed E-state index contributed by atoms with van der Waals surface area (Å²) in [5.41, 5.74) is 3.47. The number of nitrogens with one attached hydrogen (secondary N) is 2. The highest BCUT2D eigenvalue weighted by Crippen LogP contribution is 2.20. The van der Waals surface area contributed by atoms with E-state index in [0.29, 0.717) is 5.56 Å². The largest absolute Gasteiger partial charge is 0.467 e. The minimum Gasteiger partial charge on any atom is -0.467 e. The van der Waals surface area contributed by atoms with E-state index in [-0.39, 0.29) is 12.8 Å². The number of hydrogen-bond donors (Lipinski definition) is 2. The molecule has 176 valence electrons. The minimum absolute atomic E-state index is 0.0723. The van der Waals surface area contributed by atoms with Gasteiger partial charge in [0.25, 0.3) is 0 Å². The molecule has 0 aliphatic heterocycles. The van der Waals surface area contributed by atoms with Crippen LogP contribution in [0.5, 0.6) is 0 Å². The summed E-state index contributed by atoms with van der Waals surface area (Å²) >= 11 is 0. The number of carbonyl (C=O) groups excluding carboxylic acids is 3. The van der Waals surface area contributed by atoms with Gasteiger partial charge in [0.15, 0.2) is 0 Å². The summed E-state index contributed by atoms with van der Waals surface area (Å²) in [5.74, 6) is -2.02. The van der Waals surface area contributed by atoms with Gasteiger partial charge in [-0.3, -0.25) is 9.59 Å². The fourth-order valence-electron chi connectivity index (χ4n) is 3.66. The lowest BCUT2D eigenvalue weighted by Crippen LogP contribution is -2.53. The van der Waals surface area contributed by atoms with Gasteiger partial charge in [0, 0.05) is 19.8 Å². The molecule has 2 N–H and O–H groups in total. The quantitative estimate of drug-likeness (QED) is 0.477. The van der Waals surface area contributed by atoms with Crippen molar-refractivity contribution < 1.29 is 23.5 Å². The predicted molar refractivity (Wildman–Crippen MR) is 127 cm³/mol. The molecular weight excluding hydrogens is 435 g/mol. The third kappa shape index (κ3) is 7.00. The molecule has 0 unspecified atom stereocenters. The molecule has 0 aromatic heterocycles. The number of amides is 2. The van der Waals surface area contributed by atoms with Gasteiger partial charge in [0.2, 0.25) is 11.8 Å². The Morgan fingerprint density at radius 3 is 2.06 bits per heavy atom. The Balaban J connectivity index is 1.74. The average molecular weight is 463 g/mol. The zero-order valence-electron chi connectivity index (χ0n) is 19.1. The number of benzene rings is 3. The van der Waals surface area contributed by atoms with Crippen LogP contribution >= 0.6 is 0 Å². The van der Waals surface area contributed by atoms with Crippen LogP contribution in [0.2, 0.25) is 0 Å². The SMILES string of the molecule is COC(=O)[C@@H](Cc1ccc(-c2ccccc2)cc1)NC(=O)[C@@H](Cc1cccc(F)c1)NC(C)=O. The molecule has 0 bridgehead atoms. The van der Waals surface area contributed by atoms with Gasteiger partial charge in [0.05, 0.1) is 7.11 Å². The number of ether oxygens (including phenoxy) is 1. The Labute approximate surface area is 198 Å². The molecule has 34 heavy (non-hydrogen) atoms. The molecule has 3 rings (SSSR count). The van der Waals surface area contributed by atoms with Crippen molar-refractivity contribution in [2.75, 3.05) is 7.11 Å². The van der Waals surface area contributed by atoms with Crippen molar-refractivity contribution in [2.24, 2.45) is 0 Å². The highest BCUT2D eigenvalue weighted by molar-refractivity contribution is 5.90. The van der Waals surface area contributed by atoms with Gasteiger partial charge in [-0.25, -0.2) is 9.18 Å².